The maximum Gasteiger partial charge on any atom is 0.250 e. The van der Waals surface area contributed by atoms with Gasteiger partial charge in [-0.15, -0.1) is 0 Å². The minimum atomic E-state index is -0.0964. The molecule has 0 aromatic heterocycles. The van der Waals surface area contributed by atoms with E-state index in [2.05, 4.69) is 5.32 Å². The van der Waals surface area contributed by atoms with Gasteiger partial charge >= 0.3 is 0 Å². The predicted molar refractivity (Wildman–Crippen MR) is 78.6 cm³/mol. The van der Waals surface area contributed by atoms with Crippen molar-refractivity contribution in [1.82, 2.24) is 0 Å². The van der Waals surface area contributed by atoms with Gasteiger partial charge in [-0.05, 0) is 25.3 Å². The molecule has 0 unspecified atom stereocenters. The first-order valence-corrected chi connectivity index (χ1v) is 6.16. The van der Waals surface area contributed by atoms with Crippen LogP contribution in [0.4, 0.5) is 5.69 Å². The molecule has 0 aliphatic carbocycles. The van der Waals surface area contributed by atoms with Crippen LogP contribution in [0.3, 0.4) is 0 Å². The highest BCUT2D eigenvalue weighted by atomic mass is 16.5. The van der Waals surface area contributed by atoms with Gasteiger partial charge in [0.15, 0.2) is 0 Å². The topological polar surface area (TPSA) is 38.3 Å². The number of carbonyl (C=O) groups excluding carboxylic acids is 1. The van der Waals surface area contributed by atoms with Crippen LogP contribution in [0.5, 0.6) is 5.75 Å². The number of carbonyl (C=O) groups is 1. The summed E-state index contributed by atoms with van der Waals surface area (Å²) in [4.78, 5) is 12.0. The second kappa shape index (κ2) is 5.57. The zero-order chi connectivity index (χ0) is 13.8. The van der Waals surface area contributed by atoms with Gasteiger partial charge in [0, 0.05) is 17.0 Å². The lowest BCUT2D eigenvalue weighted by Crippen LogP contribution is -2.12. The molecule has 0 aliphatic rings. The van der Waals surface area contributed by atoms with E-state index in [1.165, 1.54) is 0 Å². The summed E-state index contributed by atoms with van der Waals surface area (Å²) in [5, 5.41) is 4.96. The molecule has 0 heterocycles. The molecule has 2 aromatic carbocycles. The third-order valence-electron chi connectivity index (χ3n) is 3.11. The van der Waals surface area contributed by atoms with Crippen molar-refractivity contribution in [2.45, 2.75) is 13.8 Å². The molecule has 3 heteroatoms. The number of fused-ring (bicyclic) bond motifs is 1. The summed E-state index contributed by atoms with van der Waals surface area (Å²) in [5.41, 5.74) is 1.45. The molecule has 0 bridgehead atoms. The smallest absolute Gasteiger partial charge is 0.250 e. The van der Waals surface area contributed by atoms with Crippen LogP contribution >= 0.6 is 0 Å². The second-order valence-electron chi connectivity index (χ2n) is 4.32. The van der Waals surface area contributed by atoms with E-state index in [1.54, 1.807) is 20.1 Å². The van der Waals surface area contributed by atoms with Gasteiger partial charge in [0.05, 0.1) is 12.8 Å². The van der Waals surface area contributed by atoms with Crippen molar-refractivity contribution in [1.29, 1.82) is 0 Å². The molecule has 19 heavy (non-hydrogen) atoms. The molecule has 98 valence electrons. The number of hydrogen-bond acceptors (Lipinski definition) is 2. The minimum Gasteiger partial charge on any atom is -0.497 e. The number of hydrogen-bond donors (Lipinski definition) is 1. The summed E-state index contributed by atoms with van der Waals surface area (Å²) in [6.07, 6.45) is 1.79. The van der Waals surface area contributed by atoms with Crippen LogP contribution in [0.25, 0.3) is 10.8 Å². The van der Waals surface area contributed by atoms with Crippen LogP contribution in [0.2, 0.25) is 0 Å². The van der Waals surface area contributed by atoms with Gasteiger partial charge in [0.2, 0.25) is 0 Å². The molecule has 0 spiro atoms. The molecule has 3 nitrogen and oxygen atoms in total. The number of anilines is 1. The standard InChI is InChI=1S/C16H17NO2/c1-4-11(2)16(18)17-15-10-13(19-3)9-12-7-5-6-8-14(12)15/h4-10H,1-3H3,(H,17,18)/b11-4+. The maximum atomic E-state index is 12.0. The minimum absolute atomic E-state index is 0.0964. The molecule has 2 rings (SSSR count). The fraction of sp³-hybridized carbons (Fsp3) is 0.188. The summed E-state index contributed by atoms with van der Waals surface area (Å²) >= 11 is 0. The third-order valence-corrected chi connectivity index (χ3v) is 3.11. The summed E-state index contributed by atoms with van der Waals surface area (Å²) in [5.74, 6) is 0.632. The highest BCUT2D eigenvalue weighted by Gasteiger charge is 2.08. The van der Waals surface area contributed by atoms with E-state index in [9.17, 15) is 4.79 Å². The Kier molecular flexibility index (Phi) is 3.85. The third kappa shape index (κ3) is 2.76. The fourth-order valence-corrected chi connectivity index (χ4v) is 1.86. The molecule has 0 aliphatic heterocycles. The van der Waals surface area contributed by atoms with Crippen molar-refractivity contribution in [3.05, 3.63) is 48.0 Å². The van der Waals surface area contributed by atoms with E-state index in [1.807, 2.05) is 43.3 Å². The van der Waals surface area contributed by atoms with Crippen LogP contribution in [-0.2, 0) is 4.79 Å². The van der Waals surface area contributed by atoms with Crippen LogP contribution < -0.4 is 10.1 Å². The van der Waals surface area contributed by atoms with Gasteiger partial charge < -0.3 is 10.1 Å². The predicted octanol–water partition coefficient (Wildman–Crippen LogP) is 3.75. The molecular formula is C16H17NO2. The van der Waals surface area contributed by atoms with Crippen molar-refractivity contribution in [2.24, 2.45) is 0 Å². The maximum absolute atomic E-state index is 12.0. The van der Waals surface area contributed by atoms with Crippen LogP contribution in [0.15, 0.2) is 48.0 Å². The van der Waals surface area contributed by atoms with Crippen molar-refractivity contribution < 1.29 is 9.53 Å². The number of benzene rings is 2. The molecule has 0 saturated carbocycles. The first-order chi connectivity index (χ1) is 9.15. The lowest BCUT2D eigenvalue weighted by atomic mass is 10.1. The first-order valence-electron chi connectivity index (χ1n) is 6.16. The van der Waals surface area contributed by atoms with Gasteiger partial charge in [-0.2, -0.15) is 0 Å². The Labute approximate surface area is 112 Å². The Bertz CT molecular complexity index is 644. The lowest BCUT2D eigenvalue weighted by molar-refractivity contribution is -0.112. The van der Waals surface area contributed by atoms with E-state index >= 15 is 0 Å². The largest absolute Gasteiger partial charge is 0.497 e. The molecule has 0 radical (unpaired) electrons. The van der Waals surface area contributed by atoms with Crippen molar-refractivity contribution in [3.63, 3.8) is 0 Å². The van der Waals surface area contributed by atoms with Gasteiger partial charge in [-0.1, -0.05) is 30.3 Å². The van der Waals surface area contributed by atoms with Crippen molar-refractivity contribution in [3.8, 4) is 5.75 Å². The summed E-state index contributed by atoms with van der Waals surface area (Å²) < 4.78 is 5.27. The fourth-order valence-electron chi connectivity index (χ4n) is 1.86. The van der Waals surface area contributed by atoms with Crippen molar-refractivity contribution >= 4 is 22.4 Å². The normalized spacial score (nSPS) is 11.4. The number of rotatable bonds is 3. The zero-order valence-electron chi connectivity index (χ0n) is 11.4. The molecule has 1 N–H and O–H groups in total. The van der Waals surface area contributed by atoms with Crippen LogP contribution in [0, 0.1) is 0 Å². The average Bonchev–Trinajstić information content (AvgIpc) is 2.46. The van der Waals surface area contributed by atoms with Crippen LogP contribution in [-0.4, -0.2) is 13.0 Å². The Balaban J connectivity index is 2.49. The lowest BCUT2D eigenvalue weighted by Gasteiger charge is -2.11. The number of ether oxygens (including phenoxy) is 1. The van der Waals surface area contributed by atoms with E-state index in [4.69, 9.17) is 4.74 Å². The van der Waals surface area contributed by atoms with E-state index in [-0.39, 0.29) is 5.91 Å². The Morgan fingerprint density at radius 2 is 2.00 bits per heavy atom. The number of amides is 1. The highest BCUT2D eigenvalue weighted by Crippen LogP contribution is 2.29. The SMILES string of the molecule is C/C=C(\C)C(=O)Nc1cc(OC)cc2ccccc12. The number of methoxy groups -OCH3 is 1. The highest BCUT2D eigenvalue weighted by molar-refractivity contribution is 6.08. The Morgan fingerprint density at radius 3 is 2.68 bits per heavy atom. The van der Waals surface area contributed by atoms with E-state index in [0.29, 0.717) is 5.57 Å². The molecule has 0 atom stereocenters. The van der Waals surface area contributed by atoms with Gasteiger partial charge in [0.25, 0.3) is 5.91 Å². The molecule has 1 amide bonds. The van der Waals surface area contributed by atoms with E-state index in [0.717, 1.165) is 22.2 Å². The number of allylic oxidation sites excluding steroid dienone is 1. The quantitative estimate of drug-likeness (QED) is 0.848. The second-order valence-corrected chi connectivity index (χ2v) is 4.32. The Hall–Kier alpha value is -2.29. The Morgan fingerprint density at radius 1 is 1.26 bits per heavy atom. The summed E-state index contributed by atoms with van der Waals surface area (Å²) in [6, 6.07) is 11.7. The summed E-state index contributed by atoms with van der Waals surface area (Å²) in [6.45, 7) is 3.64. The molecule has 0 saturated heterocycles. The monoisotopic (exact) mass is 255 g/mol. The van der Waals surface area contributed by atoms with Crippen molar-refractivity contribution in [2.75, 3.05) is 12.4 Å². The summed E-state index contributed by atoms with van der Waals surface area (Å²) in [7, 11) is 1.62. The van der Waals surface area contributed by atoms with E-state index < -0.39 is 0 Å². The molecule has 2 aromatic rings. The zero-order valence-corrected chi connectivity index (χ0v) is 11.4. The first kappa shape index (κ1) is 13.1. The van der Waals surface area contributed by atoms with Gasteiger partial charge in [-0.3, -0.25) is 4.79 Å². The molecular weight excluding hydrogens is 238 g/mol. The van der Waals surface area contributed by atoms with Crippen LogP contribution in [0.1, 0.15) is 13.8 Å². The molecule has 0 fully saturated rings. The van der Waals surface area contributed by atoms with Gasteiger partial charge in [0.1, 0.15) is 5.75 Å². The average molecular weight is 255 g/mol. The van der Waals surface area contributed by atoms with Gasteiger partial charge in [-0.25, -0.2) is 0 Å². The number of nitrogens with one attached hydrogen (secondary N) is 1.